The van der Waals surface area contributed by atoms with Gasteiger partial charge in [0.1, 0.15) is 0 Å². The van der Waals surface area contributed by atoms with Gasteiger partial charge in [-0.1, -0.05) is 6.92 Å². The lowest BCUT2D eigenvalue weighted by molar-refractivity contribution is 0.177. The Hall–Kier alpha value is -0.860. The molecule has 8 heteroatoms. The van der Waals surface area contributed by atoms with Crippen molar-refractivity contribution in [3.8, 4) is 0 Å². The second-order valence-corrected chi connectivity index (χ2v) is 6.01. The first kappa shape index (κ1) is 14.2. The van der Waals surface area contributed by atoms with Crippen LogP contribution in [0.5, 0.6) is 0 Å². The average Bonchev–Trinajstić information content (AvgIpc) is 2.27. The molecule has 17 heavy (non-hydrogen) atoms. The van der Waals surface area contributed by atoms with Crippen molar-refractivity contribution >= 4 is 16.3 Å². The van der Waals surface area contributed by atoms with Crippen LogP contribution in [0, 0.1) is 5.41 Å². The molecule has 1 saturated heterocycles. The SMILES string of the molecule is COC(=O)NS(=O)(=O)NCC1(C)CCCNC1. The second-order valence-electron chi connectivity index (χ2n) is 4.51. The lowest BCUT2D eigenvalue weighted by Gasteiger charge is -2.34. The molecular formula is C9H19N3O4S. The van der Waals surface area contributed by atoms with Crippen LogP contribution in [-0.2, 0) is 14.9 Å². The van der Waals surface area contributed by atoms with Gasteiger partial charge in [0.15, 0.2) is 0 Å². The van der Waals surface area contributed by atoms with Crippen molar-refractivity contribution in [3.05, 3.63) is 0 Å². The van der Waals surface area contributed by atoms with Gasteiger partial charge in [-0.2, -0.15) is 13.1 Å². The van der Waals surface area contributed by atoms with Crippen molar-refractivity contribution in [2.75, 3.05) is 26.7 Å². The van der Waals surface area contributed by atoms with Crippen molar-refractivity contribution in [2.45, 2.75) is 19.8 Å². The third-order valence-electron chi connectivity index (χ3n) is 2.78. The van der Waals surface area contributed by atoms with Crippen molar-refractivity contribution in [2.24, 2.45) is 5.41 Å². The molecule has 0 radical (unpaired) electrons. The number of carbonyl (C=O) groups is 1. The number of ether oxygens (including phenoxy) is 1. The molecule has 0 aliphatic carbocycles. The minimum Gasteiger partial charge on any atom is -0.452 e. The summed E-state index contributed by atoms with van der Waals surface area (Å²) < 4.78 is 31.2. The Labute approximate surface area is 101 Å². The summed E-state index contributed by atoms with van der Waals surface area (Å²) in [6, 6.07) is 0. The summed E-state index contributed by atoms with van der Waals surface area (Å²) in [5.74, 6) is 0. The topological polar surface area (TPSA) is 96.5 Å². The quantitative estimate of drug-likeness (QED) is 0.641. The van der Waals surface area contributed by atoms with E-state index in [1.807, 2.05) is 6.92 Å². The van der Waals surface area contributed by atoms with Gasteiger partial charge in [-0.05, 0) is 24.8 Å². The number of methoxy groups -OCH3 is 1. The number of rotatable bonds is 4. The van der Waals surface area contributed by atoms with Crippen molar-refractivity contribution in [1.29, 1.82) is 0 Å². The minimum atomic E-state index is -3.83. The Kier molecular flexibility index (Phi) is 4.72. The molecule has 0 aromatic heterocycles. The molecule has 7 nitrogen and oxygen atoms in total. The van der Waals surface area contributed by atoms with E-state index in [4.69, 9.17) is 0 Å². The number of carbonyl (C=O) groups excluding carboxylic acids is 1. The summed E-state index contributed by atoms with van der Waals surface area (Å²) in [5, 5.41) is 3.22. The van der Waals surface area contributed by atoms with E-state index in [2.05, 4.69) is 14.8 Å². The van der Waals surface area contributed by atoms with Crippen molar-refractivity contribution < 1.29 is 17.9 Å². The maximum absolute atomic E-state index is 11.4. The molecule has 0 aromatic rings. The van der Waals surface area contributed by atoms with Gasteiger partial charge < -0.3 is 10.1 Å². The number of piperidine rings is 1. The summed E-state index contributed by atoms with van der Waals surface area (Å²) in [6.45, 7) is 4.00. The average molecular weight is 265 g/mol. The maximum atomic E-state index is 11.4. The molecule has 1 rings (SSSR count). The van der Waals surface area contributed by atoms with E-state index < -0.39 is 16.3 Å². The molecule has 1 aliphatic rings. The highest BCUT2D eigenvalue weighted by Crippen LogP contribution is 2.24. The highest BCUT2D eigenvalue weighted by atomic mass is 32.2. The zero-order valence-corrected chi connectivity index (χ0v) is 10.9. The van der Waals surface area contributed by atoms with Gasteiger partial charge in [0, 0.05) is 13.1 Å². The summed E-state index contributed by atoms with van der Waals surface area (Å²) in [5.41, 5.74) is -0.122. The lowest BCUT2D eigenvalue weighted by Crippen LogP contribution is -2.49. The molecule has 0 bridgehead atoms. The van der Waals surface area contributed by atoms with E-state index in [-0.39, 0.29) is 12.0 Å². The Balaban J connectivity index is 2.46. The third kappa shape index (κ3) is 4.88. The Bertz CT molecular complexity index is 362. The Morgan fingerprint density at radius 1 is 1.53 bits per heavy atom. The van der Waals surface area contributed by atoms with Gasteiger partial charge in [-0.25, -0.2) is 9.52 Å². The van der Waals surface area contributed by atoms with Crippen LogP contribution < -0.4 is 14.8 Å². The molecule has 0 spiro atoms. The summed E-state index contributed by atoms with van der Waals surface area (Å²) >= 11 is 0. The third-order valence-corrected chi connectivity index (χ3v) is 3.74. The number of hydrogen-bond donors (Lipinski definition) is 3. The first-order valence-corrected chi connectivity index (χ1v) is 6.91. The molecule has 0 saturated carbocycles. The van der Waals surface area contributed by atoms with Crippen molar-refractivity contribution in [1.82, 2.24) is 14.8 Å². The van der Waals surface area contributed by atoms with E-state index in [9.17, 15) is 13.2 Å². The Morgan fingerprint density at radius 3 is 2.76 bits per heavy atom. The molecule has 1 atom stereocenters. The van der Waals surface area contributed by atoms with E-state index in [1.165, 1.54) is 0 Å². The molecule has 1 unspecified atom stereocenters. The second kappa shape index (κ2) is 5.65. The summed E-state index contributed by atoms with van der Waals surface area (Å²) in [6.07, 6.45) is 0.966. The highest BCUT2D eigenvalue weighted by molar-refractivity contribution is 7.88. The molecule has 1 fully saturated rings. The number of nitrogens with one attached hydrogen (secondary N) is 3. The predicted octanol–water partition coefficient (Wildman–Crippen LogP) is -0.433. The summed E-state index contributed by atoms with van der Waals surface area (Å²) in [4.78, 5) is 10.8. The standard InChI is InChI=1S/C9H19N3O4S/c1-9(4-3-5-10-6-9)7-11-17(14,15)12-8(13)16-2/h10-11H,3-7H2,1-2H3,(H,12,13). The van der Waals surface area contributed by atoms with Crippen LogP contribution in [-0.4, -0.2) is 41.3 Å². The minimum absolute atomic E-state index is 0.122. The number of amides is 1. The zero-order valence-electron chi connectivity index (χ0n) is 10.1. The van der Waals surface area contributed by atoms with Crippen LogP contribution in [0.2, 0.25) is 0 Å². The fraction of sp³-hybridized carbons (Fsp3) is 0.889. The molecule has 1 heterocycles. The lowest BCUT2D eigenvalue weighted by atomic mass is 9.83. The van der Waals surface area contributed by atoms with Crippen LogP contribution >= 0.6 is 0 Å². The molecule has 1 aliphatic heterocycles. The first-order chi connectivity index (χ1) is 7.87. The van der Waals surface area contributed by atoms with E-state index in [0.717, 1.165) is 33.0 Å². The first-order valence-electron chi connectivity index (χ1n) is 5.43. The molecule has 3 N–H and O–H groups in total. The predicted molar refractivity (Wildman–Crippen MR) is 62.7 cm³/mol. The van der Waals surface area contributed by atoms with Crippen LogP contribution in [0.1, 0.15) is 19.8 Å². The molecule has 1 amide bonds. The summed E-state index contributed by atoms with van der Waals surface area (Å²) in [7, 11) is -2.72. The number of hydrogen-bond acceptors (Lipinski definition) is 5. The zero-order chi connectivity index (χ0) is 12.9. The fourth-order valence-corrected chi connectivity index (χ4v) is 2.64. The van der Waals surface area contributed by atoms with Gasteiger partial charge in [0.25, 0.3) is 0 Å². The van der Waals surface area contributed by atoms with Gasteiger partial charge in [-0.3, -0.25) is 0 Å². The maximum Gasteiger partial charge on any atom is 0.421 e. The van der Waals surface area contributed by atoms with Crippen LogP contribution in [0.15, 0.2) is 0 Å². The molecule has 0 aromatic carbocycles. The van der Waals surface area contributed by atoms with Crippen LogP contribution in [0.25, 0.3) is 0 Å². The van der Waals surface area contributed by atoms with E-state index >= 15 is 0 Å². The Morgan fingerprint density at radius 2 is 2.24 bits per heavy atom. The van der Waals surface area contributed by atoms with Gasteiger partial charge in [0.2, 0.25) is 0 Å². The normalized spacial score (nSPS) is 25.3. The fourth-order valence-electron chi connectivity index (χ4n) is 1.73. The van der Waals surface area contributed by atoms with E-state index in [1.54, 1.807) is 4.72 Å². The molecular weight excluding hydrogens is 246 g/mol. The largest absolute Gasteiger partial charge is 0.452 e. The van der Waals surface area contributed by atoms with Crippen molar-refractivity contribution in [3.63, 3.8) is 0 Å². The van der Waals surface area contributed by atoms with Gasteiger partial charge >= 0.3 is 16.3 Å². The van der Waals surface area contributed by atoms with Crippen LogP contribution in [0.3, 0.4) is 0 Å². The van der Waals surface area contributed by atoms with Crippen LogP contribution in [0.4, 0.5) is 4.79 Å². The van der Waals surface area contributed by atoms with Gasteiger partial charge in [-0.15, -0.1) is 0 Å². The molecule has 100 valence electrons. The monoisotopic (exact) mass is 265 g/mol. The highest BCUT2D eigenvalue weighted by Gasteiger charge is 2.28. The van der Waals surface area contributed by atoms with Gasteiger partial charge in [0.05, 0.1) is 7.11 Å². The smallest absolute Gasteiger partial charge is 0.421 e. The van der Waals surface area contributed by atoms with E-state index in [0.29, 0.717) is 0 Å².